The highest BCUT2D eigenvalue weighted by Crippen LogP contribution is 2.35. The fraction of sp³-hybridized carbons (Fsp3) is 0.222. The van der Waals surface area contributed by atoms with Gasteiger partial charge in [-0.05, 0) is 47.7 Å². The Morgan fingerprint density at radius 1 is 1.14 bits per heavy atom. The molecule has 1 unspecified atom stereocenters. The van der Waals surface area contributed by atoms with Gasteiger partial charge in [0.15, 0.2) is 0 Å². The third kappa shape index (κ3) is 2.19. The van der Waals surface area contributed by atoms with E-state index >= 15 is 0 Å². The predicted octanol–water partition coefficient (Wildman–Crippen LogP) is 4.35. The smallest absolute Gasteiger partial charge is 0.125 e. The average molecular weight is 281 g/mol. The summed E-state index contributed by atoms with van der Waals surface area (Å²) in [7, 11) is 0. The van der Waals surface area contributed by atoms with Gasteiger partial charge in [-0.1, -0.05) is 18.2 Å². The zero-order chi connectivity index (χ0) is 14.2. The fourth-order valence-corrected chi connectivity index (χ4v) is 3.16. The molecule has 0 saturated carbocycles. The van der Waals surface area contributed by atoms with E-state index in [1.54, 1.807) is 6.07 Å². The summed E-state index contributed by atoms with van der Waals surface area (Å²) in [6.45, 7) is 1.60. The van der Waals surface area contributed by atoms with Gasteiger partial charge >= 0.3 is 0 Å². The van der Waals surface area contributed by atoms with Crippen molar-refractivity contribution < 1.29 is 9.13 Å². The van der Waals surface area contributed by atoms with Crippen LogP contribution in [0.5, 0.6) is 5.75 Å². The second-order valence-electron chi connectivity index (χ2n) is 5.54. The van der Waals surface area contributed by atoms with Crippen LogP contribution in [0.25, 0.3) is 10.9 Å². The maximum Gasteiger partial charge on any atom is 0.125 e. The van der Waals surface area contributed by atoms with Crippen molar-refractivity contribution in [3.63, 3.8) is 0 Å². The molecule has 2 aromatic carbocycles. The Morgan fingerprint density at radius 3 is 3.00 bits per heavy atom. The van der Waals surface area contributed by atoms with Gasteiger partial charge in [0.05, 0.1) is 12.1 Å². The van der Waals surface area contributed by atoms with Crippen LogP contribution in [0, 0.1) is 5.82 Å². The summed E-state index contributed by atoms with van der Waals surface area (Å²) in [6.07, 6.45) is 3.04. The monoisotopic (exact) mass is 281 g/mol. The fourth-order valence-electron chi connectivity index (χ4n) is 3.16. The molecule has 1 aromatic heterocycles. The van der Waals surface area contributed by atoms with Gasteiger partial charge in [0.25, 0.3) is 0 Å². The van der Waals surface area contributed by atoms with Gasteiger partial charge in [0, 0.05) is 18.7 Å². The first-order valence-corrected chi connectivity index (χ1v) is 7.27. The number of halogens is 1. The van der Waals surface area contributed by atoms with Crippen LogP contribution in [0.2, 0.25) is 0 Å². The lowest BCUT2D eigenvalue weighted by molar-refractivity contribution is 0.259. The van der Waals surface area contributed by atoms with Crippen molar-refractivity contribution in [2.24, 2.45) is 0 Å². The van der Waals surface area contributed by atoms with E-state index in [9.17, 15) is 4.39 Å². The van der Waals surface area contributed by atoms with Gasteiger partial charge in [0.2, 0.25) is 0 Å². The number of nitrogens with zero attached hydrogens (tertiary/aromatic N) is 1. The first kappa shape index (κ1) is 12.5. The Bertz CT molecular complexity index is 793. The molecular formula is C18H16FNO. The number of rotatable bonds is 2. The third-order valence-corrected chi connectivity index (χ3v) is 4.24. The largest absolute Gasteiger partial charge is 0.493 e. The highest BCUT2D eigenvalue weighted by Gasteiger charge is 2.21. The van der Waals surface area contributed by atoms with Crippen molar-refractivity contribution in [3.05, 3.63) is 66.1 Å². The summed E-state index contributed by atoms with van der Waals surface area (Å²) in [5.74, 6) is 1.21. The lowest BCUT2D eigenvalue weighted by Crippen LogP contribution is -2.18. The van der Waals surface area contributed by atoms with E-state index in [0.29, 0.717) is 5.92 Å². The zero-order valence-corrected chi connectivity index (χ0v) is 11.6. The van der Waals surface area contributed by atoms with Crippen LogP contribution >= 0.6 is 0 Å². The number of ether oxygens (including phenoxy) is 1. The summed E-state index contributed by atoms with van der Waals surface area (Å²) in [5, 5.41) is 1.08. The van der Waals surface area contributed by atoms with Gasteiger partial charge in [-0.3, -0.25) is 0 Å². The van der Waals surface area contributed by atoms with E-state index in [0.717, 1.165) is 36.2 Å². The molecule has 21 heavy (non-hydrogen) atoms. The van der Waals surface area contributed by atoms with E-state index in [4.69, 9.17) is 4.74 Å². The van der Waals surface area contributed by atoms with E-state index in [2.05, 4.69) is 10.6 Å². The maximum atomic E-state index is 13.5. The van der Waals surface area contributed by atoms with E-state index < -0.39 is 0 Å². The molecule has 106 valence electrons. The van der Waals surface area contributed by atoms with Crippen LogP contribution in [0.4, 0.5) is 4.39 Å². The Balaban J connectivity index is 1.71. The van der Waals surface area contributed by atoms with Crippen LogP contribution in [-0.4, -0.2) is 11.2 Å². The maximum absolute atomic E-state index is 13.5. The highest BCUT2D eigenvalue weighted by atomic mass is 19.1. The number of para-hydroxylation sites is 1. The molecule has 0 saturated heterocycles. The Morgan fingerprint density at radius 2 is 2.05 bits per heavy atom. The normalized spacial score (nSPS) is 17.5. The topological polar surface area (TPSA) is 14.2 Å². The van der Waals surface area contributed by atoms with Gasteiger partial charge in [-0.2, -0.15) is 0 Å². The first-order valence-electron chi connectivity index (χ1n) is 7.27. The Hall–Kier alpha value is -2.29. The molecule has 2 heterocycles. The molecule has 4 rings (SSSR count). The van der Waals surface area contributed by atoms with Crippen LogP contribution in [0.1, 0.15) is 17.9 Å². The van der Waals surface area contributed by atoms with Crippen molar-refractivity contribution in [1.29, 1.82) is 0 Å². The summed E-state index contributed by atoms with van der Waals surface area (Å²) in [4.78, 5) is 0. The van der Waals surface area contributed by atoms with E-state index in [-0.39, 0.29) is 5.82 Å². The Labute approximate surface area is 122 Å². The van der Waals surface area contributed by atoms with Gasteiger partial charge in [-0.15, -0.1) is 0 Å². The molecule has 0 fully saturated rings. The van der Waals surface area contributed by atoms with E-state index in [1.165, 1.54) is 11.6 Å². The Kier molecular flexibility index (Phi) is 2.92. The lowest BCUT2D eigenvalue weighted by atomic mass is 9.93. The van der Waals surface area contributed by atoms with Crippen LogP contribution in [-0.2, 0) is 6.54 Å². The van der Waals surface area contributed by atoms with Crippen LogP contribution in [0.15, 0.2) is 54.7 Å². The molecule has 0 bridgehead atoms. The molecule has 0 aliphatic carbocycles. The lowest BCUT2D eigenvalue weighted by Gasteiger charge is -2.26. The minimum Gasteiger partial charge on any atom is -0.493 e. The summed E-state index contributed by atoms with van der Waals surface area (Å²) in [5.41, 5.74) is 2.21. The molecule has 2 nitrogen and oxygen atoms in total. The van der Waals surface area contributed by atoms with Crippen LogP contribution < -0.4 is 4.74 Å². The minimum absolute atomic E-state index is 0.185. The van der Waals surface area contributed by atoms with Crippen molar-refractivity contribution in [2.45, 2.75) is 18.9 Å². The molecule has 0 N–H and O–H groups in total. The van der Waals surface area contributed by atoms with Crippen molar-refractivity contribution in [2.75, 3.05) is 6.61 Å². The number of hydrogen-bond acceptors (Lipinski definition) is 1. The SMILES string of the molecule is Fc1ccc2ccn(CC3CCOc4ccccc43)c2c1. The van der Waals surface area contributed by atoms with Gasteiger partial charge < -0.3 is 9.30 Å². The summed E-state index contributed by atoms with van der Waals surface area (Å²) in [6, 6.07) is 15.2. The molecular weight excluding hydrogens is 265 g/mol. The van der Waals surface area contributed by atoms with Crippen molar-refractivity contribution in [3.8, 4) is 5.75 Å². The molecule has 3 aromatic rings. The highest BCUT2D eigenvalue weighted by molar-refractivity contribution is 5.80. The number of benzene rings is 2. The molecule has 3 heteroatoms. The van der Waals surface area contributed by atoms with Crippen LogP contribution in [0.3, 0.4) is 0 Å². The summed E-state index contributed by atoms with van der Waals surface area (Å²) >= 11 is 0. The van der Waals surface area contributed by atoms with Crippen molar-refractivity contribution >= 4 is 10.9 Å². The van der Waals surface area contributed by atoms with E-state index in [1.807, 2.05) is 36.5 Å². The third-order valence-electron chi connectivity index (χ3n) is 4.24. The standard InChI is InChI=1S/C18H16FNO/c19-15-6-5-13-7-9-20(17(13)11-15)12-14-8-10-21-18-4-2-1-3-16(14)18/h1-7,9,11,14H,8,10,12H2. The summed E-state index contributed by atoms with van der Waals surface area (Å²) < 4.78 is 21.3. The van der Waals surface area contributed by atoms with Gasteiger partial charge in [0.1, 0.15) is 11.6 Å². The molecule has 1 aliphatic heterocycles. The molecule has 0 radical (unpaired) electrons. The number of hydrogen-bond donors (Lipinski definition) is 0. The quantitative estimate of drug-likeness (QED) is 0.681. The first-order chi connectivity index (χ1) is 10.3. The molecule has 1 atom stereocenters. The average Bonchev–Trinajstić information content (AvgIpc) is 2.90. The molecule has 0 spiro atoms. The molecule has 1 aliphatic rings. The second kappa shape index (κ2) is 4.92. The predicted molar refractivity (Wildman–Crippen MR) is 81.2 cm³/mol. The van der Waals surface area contributed by atoms with Gasteiger partial charge in [-0.25, -0.2) is 4.39 Å². The second-order valence-corrected chi connectivity index (χ2v) is 5.54. The number of aromatic nitrogens is 1. The zero-order valence-electron chi connectivity index (χ0n) is 11.6. The minimum atomic E-state index is -0.185. The number of fused-ring (bicyclic) bond motifs is 2. The molecule has 0 amide bonds. The van der Waals surface area contributed by atoms with Crippen molar-refractivity contribution in [1.82, 2.24) is 4.57 Å².